The summed E-state index contributed by atoms with van der Waals surface area (Å²) < 4.78 is 7.68. The Bertz CT molecular complexity index is 1450. The summed E-state index contributed by atoms with van der Waals surface area (Å²) in [5, 5.41) is 27.6. The van der Waals surface area contributed by atoms with E-state index in [0.29, 0.717) is 36.8 Å². The lowest BCUT2D eigenvalue weighted by molar-refractivity contribution is 0.0861. The molecule has 3 N–H and O–H groups in total. The van der Waals surface area contributed by atoms with Gasteiger partial charge in [-0.2, -0.15) is 0 Å². The second kappa shape index (κ2) is 13.9. The third-order valence-electron chi connectivity index (χ3n) is 7.80. The minimum atomic E-state index is -0.829. The van der Waals surface area contributed by atoms with Crippen LogP contribution in [-0.2, 0) is 4.74 Å². The molecule has 5 rings (SSSR count). The van der Waals surface area contributed by atoms with E-state index in [1.807, 2.05) is 31.2 Å². The van der Waals surface area contributed by atoms with Gasteiger partial charge in [-0.3, -0.25) is 14.9 Å². The zero-order valence-corrected chi connectivity index (χ0v) is 26.0. The third kappa shape index (κ3) is 7.11. The number of carbonyl (C=O) groups excluding carboxylic acids is 1. The number of nitrogens with zero attached hydrogens (tertiary/aromatic N) is 4. The number of aliphatic hydroxyl groups excluding tert-OH is 1. The fourth-order valence-electron chi connectivity index (χ4n) is 5.43. The maximum Gasteiger partial charge on any atom is 0.407 e. The Labute approximate surface area is 256 Å². The molecule has 0 bridgehead atoms. The van der Waals surface area contributed by atoms with Crippen LogP contribution in [0.4, 0.5) is 4.79 Å². The molecule has 2 unspecified atom stereocenters. The van der Waals surface area contributed by atoms with E-state index in [2.05, 4.69) is 51.4 Å². The van der Waals surface area contributed by atoms with Crippen molar-refractivity contribution in [3.63, 3.8) is 0 Å². The number of alkyl carbamates (subject to hydrolysis) is 1. The van der Waals surface area contributed by atoms with Gasteiger partial charge in [0.05, 0.1) is 5.71 Å². The molecular formula is C31H39ClN6O3S. The Morgan fingerprint density at radius 2 is 1.93 bits per heavy atom. The molecule has 0 saturated carbocycles. The van der Waals surface area contributed by atoms with E-state index in [-0.39, 0.29) is 12.2 Å². The van der Waals surface area contributed by atoms with E-state index in [0.717, 1.165) is 59.8 Å². The Morgan fingerprint density at radius 3 is 2.74 bits per heavy atom. The van der Waals surface area contributed by atoms with E-state index < -0.39 is 12.3 Å². The zero-order chi connectivity index (χ0) is 29.6. The van der Waals surface area contributed by atoms with Crippen LogP contribution in [-0.4, -0.2) is 57.1 Å². The van der Waals surface area contributed by atoms with Crippen molar-refractivity contribution in [1.82, 2.24) is 25.4 Å². The molecule has 1 amide bonds. The summed E-state index contributed by atoms with van der Waals surface area (Å²) in [6.45, 7) is 7.15. The Kier molecular flexibility index (Phi) is 10.1. The molecule has 1 aromatic carbocycles. The fraction of sp³-hybridized carbons (Fsp3) is 0.484. The van der Waals surface area contributed by atoms with Crippen molar-refractivity contribution in [2.75, 3.05) is 13.1 Å². The van der Waals surface area contributed by atoms with E-state index in [1.54, 1.807) is 11.3 Å². The molecule has 1 aliphatic carbocycles. The van der Waals surface area contributed by atoms with Crippen LogP contribution in [0, 0.1) is 20.8 Å². The molecule has 9 nitrogen and oxygen atoms in total. The van der Waals surface area contributed by atoms with Gasteiger partial charge in [0.15, 0.2) is 5.82 Å². The van der Waals surface area contributed by atoms with Crippen LogP contribution in [0.5, 0.6) is 0 Å². The first-order chi connectivity index (χ1) is 20.3. The topological polar surface area (TPSA) is 114 Å². The van der Waals surface area contributed by atoms with Gasteiger partial charge in [-0.25, -0.2) is 4.79 Å². The molecule has 2 aromatic heterocycles. The summed E-state index contributed by atoms with van der Waals surface area (Å²) in [4.78, 5) is 18.7. The van der Waals surface area contributed by atoms with Gasteiger partial charge in [0.1, 0.15) is 29.2 Å². The number of allylic oxidation sites excluding steroid dienone is 2. The summed E-state index contributed by atoms with van der Waals surface area (Å²) in [5.74, 6) is 1.48. The average molecular weight is 611 g/mol. The standard InChI is InChI=1S/C31H39ClN6O3S/c1-19-20(2)42-30-27(19)28(22-12-14-23(32)15-13-22)35-25(29-37-36-21(3)38(29)30)18-26(39)33-16-9-17-34-31(40)41-24-10-7-5-4-6-8-11-24/h4-5,12-15,24-26,33,39H,6-11,16-18H2,1-3H3,(H,34,40)/b5-4+/t24?,25-,26?/m0/s1. The highest BCUT2D eigenvalue weighted by atomic mass is 35.5. The molecule has 0 radical (unpaired) electrons. The number of fused-ring (bicyclic) bond motifs is 3. The second-order valence-electron chi connectivity index (χ2n) is 10.9. The van der Waals surface area contributed by atoms with Gasteiger partial charge in [-0.1, -0.05) is 35.9 Å². The molecule has 3 atom stereocenters. The first-order valence-electron chi connectivity index (χ1n) is 14.7. The van der Waals surface area contributed by atoms with E-state index in [4.69, 9.17) is 21.3 Å². The predicted molar refractivity (Wildman–Crippen MR) is 167 cm³/mol. The van der Waals surface area contributed by atoms with Crippen molar-refractivity contribution in [2.45, 2.75) is 84.1 Å². The number of aryl methyl sites for hydroxylation is 2. The molecule has 224 valence electrons. The number of hydrogen-bond acceptors (Lipinski definition) is 8. The highest BCUT2D eigenvalue weighted by Gasteiger charge is 2.32. The van der Waals surface area contributed by atoms with Crippen LogP contribution in [0.15, 0.2) is 41.4 Å². The number of amides is 1. The van der Waals surface area contributed by atoms with Crippen molar-refractivity contribution < 1.29 is 14.6 Å². The number of nitrogens with one attached hydrogen (secondary N) is 2. The fourth-order valence-corrected chi connectivity index (χ4v) is 6.77. The number of ether oxygens (including phenoxy) is 1. The number of aliphatic imine (C=N–C) groups is 1. The number of aromatic nitrogens is 3. The van der Waals surface area contributed by atoms with Crippen LogP contribution in [0.1, 0.15) is 84.2 Å². The smallest absolute Gasteiger partial charge is 0.407 e. The normalized spacial score (nSPS) is 19.9. The summed E-state index contributed by atoms with van der Waals surface area (Å²) in [6, 6.07) is 7.27. The SMILES string of the molecule is Cc1sc2c(c1C)C(c1ccc(Cl)cc1)=N[C@@H](CC(O)NCCCNC(=O)OC1CC/C=C/CCC1)c1nnc(C)n1-2. The highest BCUT2D eigenvalue weighted by molar-refractivity contribution is 7.15. The minimum Gasteiger partial charge on any atom is -0.446 e. The average Bonchev–Trinajstić information content (AvgIpc) is 3.42. The summed E-state index contributed by atoms with van der Waals surface area (Å²) in [7, 11) is 0. The van der Waals surface area contributed by atoms with Crippen molar-refractivity contribution in [3.05, 3.63) is 74.7 Å². The van der Waals surface area contributed by atoms with Gasteiger partial charge in [0, 0.05) is 34.0 Å². The Morgan fingerprint density at radius 1 is 1.14 bits per heavy atom. The number of halogens is 1. The molecule has 3 aromatic rings. The quantitative estimate of drug-likeness (QED) is 0.153. The first kappa shape index (κ1) is 30.4. The molecule has 0 fully saturated rings. The first-order valence-corrected chi connectivity index (χ1v) is 15.9. The lowest BCUT2D eigenvalue weighted by atomic mass is 9.99. The monoisotopic (exact) mass is 610 g/mol. The van der Waals surface area contributed by atoms with E-state index in [1.165, 1.54) is 10.4 Å². The lowest BCUT2D eigenvalue weighted by Gasteiger charge is -2.19. The maximum absolute atomic E-state index is 12.2. The molecule has 3 heterocycles. The number of carbonyl (C=O) groups is 1. The number of hydrogen-bond donors (Lipinski definition) is 3. The molecule has 2 aliphatic rings. The number of aliphatic hydroxyl groups is 1. The number of thiophene rings is 1. The van der Waals surface area contributed by atoms with Crippen molar-refractivity contribution >= 4 is 34.7 Å². The molecule has 1 aliphatic heterocycles. The molecular weight excluding hydrogens is 572 g/mol. The minimum absolute atomic E-state index is 0.0315. The Balaban J connectivity index is 1.23. The number of benzene rings is 1. The Hall–Kier alpha value is -3.05. The maximum atomic E-state index is 12.2. The van der Waals surface area contributed by atoms with Gasteiger partial charge in [0.2, 0.25) is 0 Å². The highest BCUT2D eigenvalue weighted by Crippen LogP contribution is 2.39. The summed E-state index contributed by atoms with van der Waals surface area (Å²) in [6.07, 6.45) is 8.86. The second-order valence-corrected chi connectivity index (χ2v) is 12.5. The van der Waals surface area contributed by atoms with Crippen LogP contribution < -0.4 is 10.6 Å². The van der Waals surface area contributed by atoms with Gasteiger partial charge in [0.25, 0.3) is 0 Å². The van der Waals surface area contributed by atoms with E-state index >= 15 is 0 Å². The zero-order valence-electron chi connectivity index (χ0n) is 24.4. The largest absolute Gasteiger partial charge is 0.446 e. The summed E-state index contributed by atoms with van der Waals surface area (Å²) >= 11 is 7.90. The van der Waals surface area contributed by atoms with Crippen molar-refractivity contribution in [1.29, 1.82) is 0 Å². The molecule has 11 heteroatoms. The van der Waals surface area contributed by atoms with Gasteiger partial charge in [-0.05, 0) is 83.5 Å². The van der Waals surface area contributed by atoms with Gasteiger partial charge in [-0.15, -0.1) is 21.5 Å². The predicted octanol–water partition coefficient (Wildman–Crippen LogP) is 6.10. The number of rotatable bonds is 9. The summed E-state index contributed by atoms with van der Waals surface area (Å²) in [5.41, 5.74) is 4.04. The molecule has 0 saturated heterocycles. The van der Waals surface area contributed by atoms with Crippen molar-refractivity contribution in [2.24, 2.45) is 4.99 Å². The van der Waals surface area contributed by atoms with E-state index in [9.17, 15) is 9.90 Å². The van der Waals surface area contributed by atoms with Crippen LogP contribution in [0.3, 0.4) is 0 Å². The van der Waals surface area contributed by atoms with Gasteiger partial charge < -0.3 is 15.2 Å². The third-order valence-corrected chi connectivity index (χ3v) is 9.24. The lowest BCUT2D eigenvalue weighted by Crippen LogP contribution is -2.34. The molecule has 42 heavy (non-hydrogen) atoms. The van der Waals surface area contributed by atoms with Gasteiger partial charge >= 0.3 is 6.09 Å². The van der Waals surface area contributed by atoms with Crippen molar-refractivity contribution in [3.8, 4) is 5.00 Å². The van der Waals surface area contributed by atoms with Crippen LogP contribution in [0.2, 0.25) is 5.02 Å². The molecule has 0 spiro atoms. The van der Waals surface area contributed by atoms with Crippen LogP contribution in [0.25, 0.3) is 5.00 Å². The van der Waals surface area contributed by atoms with Crippen LogP contribution >= 0.6 is 22.9 Å².